The summed E-state index contributed by atoms with van der Waals surface area (Å²) in [4.78, 5) is 18.9. The molecule has 118 valence electrons. The minimum atomic E-state index is -0.387. The van der Waals surface area contributed by atoms with E-state index < -0.39 is 0 Å². The first-order valence-corrected chi connectivity index (χ1v) is 7.20. The second kappa shape index (κ2) is 5.53. The van der Waals surface area contributed by atoms with Crippen LogP contribution in [0.2, 0.25) is 0 Å². The molecule has 0 spiro atoms. The quantitative estimate of drug-likeness (QED) is 0.823. The summed E-state index contributed by atoms with van der Waals surface area (Å²) < 4.78 is 12.6. The maximum atomic E-state index is 12.9. The fourth-order valence-corrected chi connectivity index (χ4v) is 2.78. The largest absolute Gasteiger partial charge is 0.374 e. The molecule has 2 atom stereocenters. The molecule has 0 unspecified atom stereocenters. The van der Waals surface area contributed by atoms with E-state index in [1.807, 2.05) is 13.8 Å². The molecular weight excluding hydrogens is 286 g/mol. The van der Waals surface area contributed by atoms with E-state index in [0.29, 0.717) is 36.1 Å². The Labute approximate surface area is 128 Å². The van der Waals surface area contributed by atoms with Gasteiger partial charge < -0.3 is 14.2 Å². The van der Waals surface area contributed by atoms with Gasteiger partial charge in [0.2, 0.25) is 0 Å². The van der Waals surface area contributed by atoms with Gasteiger partial charge in [-0.15, -0.1) is 0 Å². The molecule has 0 aliphatic carbocycles. The number of morpholine rings is 1. The van der Waals surface area contributed by atoms with E-state index in [1.165, 1.54) is 0 Å². The Balaban J connectivity index is 1.95. The van der Waals surface area contributed by atoms with Crippen molar-refractivity contribution in [2.75, 3.05) is 13.2 Å². The molecule has 1 fully saturated rings. The molecular formula is C14H19N5O3. The van der Waals surface area contributed by atoms with Gasteiger partial charge in [-0.3, -0.25) is 9.48 Å². The Morgan fingerprint density at radius 3 is 2.77 bits per heavy atom. The molecule has 8 heteroatoms. The molecule has 22 heavy (non-hydrogen) atoms. The van der Waals surface area contributed by atoms with Gasteiger partial charge >= 0.3 is 0 Å². The summed E-state index contributed by atoms with van der Waals surface area (Å²) in [6, 6.07) is -0.387. The lowest BCUT2D eigenvalue weighted by Gasteiger charge is -2.37. The number of carbonyl (C=O) groups is 1. The monoisotopic (exact) mass is 305 g/mol. The van der Waals surface area contributed by atoms with Crippen molar-refractivity contribution in [1.82, 2.24) is 24.8 Å². The Kier molecular flexibility index (Phi) is 3.69. The van der Waals surface area contributed by atoms with E-state index in [9.17, 15) is 4.79 Å². The molecule has 1 aliphatic rings. The van der Waals surface area contributed by atoms with Crippen LogP contribution in [0.25, 0.3) is 0 Å². The number of hydrogen-bond acceptors (Lipinski definition) is 6. The third kappa shape index (κ3) is 2.50. The van der Waals surface area contributed by atoms with Gasteiger partial charge in [0.1, 0.15) is 6.04 Å². The molecule has 1 saturated heterocycles. The highest BCUT2D eigenvalue weighted by atomic mass is 16.5. The van der Waals surface area contributed by atoms with Gasteiger partial charge in [-0.1, -0.05) is 5.16 Å². The van der Waals surface area contributed by atoms with Crippen molar-refractivity contribution in [3.8, 4) is 0 Å². The van der Waals surface area contributed by atoms with E-state index in [2.05, 4.69) is 15.2 Å². The number of amides is 1. The number of hydrogen-bond donors (Lipinski definition) is 0. The predicted octanol–water partition coefficient (Wildman–Crippen LogP) is 1.02. The molecule has 1 amide bonds. The van der Waals surface area contributed by atoms with Gasteiger partial charge in [0.25, 0.3) is 11.8 Å². The molecule has 0 radical (unpaired) electrons. The Bertz CT molecular complexity index is 692. The lowest BCUT2D eigenvalue weighted by Crippen LogP contribution is -2.47. The molecule has 0 saturated carbocycles. The summed E-state index contributed by atoms with van der Waals surface area (Å²) in [5, 5.41) is 8.05. The van der Waals surface area contributed by atoms with Crippen LogP contribution in [0.5, 0.6) is 0 Å². The van der Waals surface area contributed by atoms with Crippen LogP contribution in [0.15, 0.2) is 10.7 Å². The topological polar surface area (TPSA) is 86.3 Å². The molecule has 3 rings (SSSR count). The van der Waals surface area contributed by atoms with E-state index in [-0.39, 0.29) is 18.1 Å². The molecule has 3 heterocycles. The van der Waals surface area contributed by atoms with E-state index in [4.69, 9.17) is 9.26 Å². The number of nitrogens with zero attached hydrogens (tertiary/aromatic N) is 5. The fraction of sp³-hybridized carbons (Fsp3) is 0.571. The predicted molar refractivity (Wildman–Crippen MR) is 76.2 cm³/mol. The zero-order valence-electron chi connectivity index (χ0n) is 13.1. The molecule has 2 aromatic heterocycles. The SMILES string of the molecule is Cc1noc([C@@H]2[C@@H](C)OCCN2C(=O)c2cn(C)nc2C)n1. The van der Waals surface area contributed by atoms with E-state index in [0.717, 1.165) is 0 Å². The first kappa shape index (κ1) is 14.7. The van der Waals surface area contributed by atoms with Crippen molar-refractivity contribution in [2.24, 2.45) is 7.05 Å². The minimum absolute atomic E-state index is 0.0957. The molecule has 0 aromatic carbocycles. The normalized spacial score (nSPS) is 22.1. The lowest BCUT2D eigenvalue weighted by atomic mass is 10.1. The van der Waals surface area contributed by atoms with Gasteiger partial charge in [0.15, 0.2) is 5.82 Å². The van der Waals surface area contributed by atoms with Crippen molar-refractivity contribution in [1.29, 1.82) is 0 Å². The molecule has 0 N–H and O–H groups in total. The zero-order valence-corrected chi connectivity index (χ0v) is 13.1. The summed E-state index contributed by atoms with van der Waals surface area (Å²) in [6.45, 7) is 6.43. The van der Waals surface area contributed by atoms with Gasteiger partial charge in [0, 0.05) is 19.8 Å². The summed E-state index contributed by atoms with van der Waals surface area (Å²) in [6.07, 6.45) is 1.52. The summed E-state index contributed by atoms with van der Waals surface area (Å²) in [7, 11) is 1.80. The van der Waals surface area contributed by atoms with Crippen LogP contribution in [-0.2, 0) is 11.8 Å². The van der Waals surface area contributed by atoms with Crippen LogP contribution >= 0.6 is 0 Å². The number of aryl methyl sites for hydroxylation is 3. The molecule has 8 nitrogen and oxygen atoms in total. The third-order valence-corrected chi connectivity index (χ3v) is 3.79. The lowest BCUT2D eigenvalue weighted by molar-refractivity contribution is -0.0600. The molecule has 1 aliphatic heterocycles. The Hall–Kier alpha value is -2.22. The zero-order chi connectivity index (χ0) is 15.9. The summed E-state index contributed by atoms with van der Waals surface area (Å²) in [5.74, 6) is 0.846. The number of carbonyl (C=O) groups excluding carboxylic acids is 1. The van der Waals surface area contributed by atoms with E-state index in [1.54, 1.807) is 29.7 Å². The van der Waals surface area contributed by atoms with Crippen molar-refractivity contribution >= 4 is 5.91 Å². The third-order valence-electron chi connectivity index (χ3n) is 3.79. The maximum absolute atomic E-state index is 12.9. The summed E-state index contributed by atoms with van der Waals surface area (Å²) in [5.41, 5.74) is 1.28. The van der Waals surface area contributed by atoms with Gasteiger partial charge in [-0.2, -0.15) is 10.1 Å². The first-order valence-electron chi connectivity index (χ1n) is 7.20. The second-order valence-electron chi connectivity index (χ2n) is 5.50. The number of aromatic nitrogens is 4. The first-order chi connectivity index (χ1) is 10.5. The van der Waals surface area contributed by atoms with Crippen LogP contribution in [-0.4, -0.2) is 50.0 Å². The highest BCUT2D eigenvalue weighted by Crippen LogP contribution is 2.30. The van der Waals surface area contributed by atoms with Gasteiger partial charge in [0.05, 0.1) is 24.0 Å². The minimum Gasteiger partial charge on any atom is -0.374 e. The number of rotatable bonds is 2. The average Bonchev–Trinajstić information content (AvgIpc) is 3.03. The summed E-state index contributed by atoms with van der Waals surface area (Å²) >= 11 is 0. The Morgan fingerprint density at radius 1 is 1.41 bits per heavy atom. The van der Waals surface area contributed by atoms with Crippen LogP contribution in [0, 0.1) is 13.8 Å². The average molecular weight is 305 g/mol. The van der Waals surface area contributed by atoms with Gasteiger partial charge in [-0.25, -0.2) is 0 Å². The van der Waals surface area contributed by atoms with E-state index >= 15 is 0 Å². The van der Waals surface area contributed by atoms with Crippen molar-refractivity contribution in [3.05, 3.63) is 29.2 Å². The van der Waals surface area contributed by atoms with Crippen LogP contribution < -0.4 is 0 Å². The molecule has 0 bridgehead atoms. The Morgan fingerprint density at radius 2 is 2.18 bits per heavy atom. The van der Waals surface area contributed by atoms with Crippen LogP contribution in [0.3, 0.4) is 0 Å². The highest BCUT2D eigenvalue weighted by Gasteiger charge is 2.38. The van der Waals surface area contributed by atoms with Crippen molar-refractivity contribution < 1.29 is 14.1 Å². The highest BCUT2D eigenvalue weighted by molar-refractivity contribution is 5.95. The fourth-order valence-electron chi connectivity index (χ4n) is 2.78. The van der Waals surface area contributed by atoms with Crippen molar-refractivity contribution in [2.45, 2.75) is 32.9 Å². The van der Waals surface area contributed by atoms with Crippen LogP contribution in [0.1, 0.15) is 40.7 Å². The van der Waals surface area contributed by atoms with Crippen molar-refractivity contribution in [3.63, 3.8) is 0 Å². The second-order valence-corrected chi connectivity index (χ2v) is 5.50. The maximum Gasteiger partial charge on any atom is 0.258 e. The van der Waals surface area contributed by atoms with Gasteiger partial charge in [-0.05, 0) is 20.8 Å². The number of ether oxygens (including phenoxy) is 1. The smallest absolute Gasteiger partial charge is 0.258 e. The molecule has 2 aromatic rings. The van der Waals surface area contributed by atoms with Crippen LogP contribution in [0.4, 0.5) is 0 Å². The standard InChI is InChI=1S/C14H19N5O3/c1-8-11(7-18(4)16-8)14(20)19-5-6-21-9(2)12(19)13-15-10(3)17-22-13/h7,9,12H,5-6H2,1-4H3/t9-,12+/m1/s1.